The van der Waals surface area contributed by atoms with Crippen LogP contribution in [0.4, 0.5) is 13.9 Å². The minimum Gasteiger partial charge on any atom is -0.361 e. The lowest BCUT2D eigenvalue weighted by Crippen LogP contribution is -2.12. The van der Waals surface area contributed by atoms with Crippen molar-refractivity contribution in [3.05, 3.63) is 54.1 Å². The van der Waals surface area contributed by atoms with Crippen molar-refractivity contribution < 1.29 is 13.6 Å². The highest BCUT2D eigenvalue weighted by molar-refractivity contribution is 7.19. The number of nitrogens with zero attached hydrogens (tertiary/aromatic N) is 3. The lowest BCUT2D eigenvalue weighted by atomic mass is 10.1. The summed E-state index contributed by atoms with van der Waals surface area (Å²) >= 11 is 1.14. The van der Waals surface area contributed by atoms with Crippen LogP contribution >= 0.6 is 11.3 Å². The normalized spacial score (nSPS) is 11.4. The van der Waals surface area contributed by atoms with Gasteiger partial charge in [0.25, 0.3) is 0 Å². The molecular weight excluding hydrogens is 384 g/mol. The predicted octanol–water partition coefficient (Wildman–Crippen LogP) is 4.76. The van der Waals surface area contributed by atoms with Crippen molar-refractivity contribution in [2.24, 2.45) is 0 Å². The standard InChI is InChI=1S/C19H17F2N5OS/c1-11-16(17-22-8-9-26(17)18(20)21)28-19(24-11)25-15(27)7-6-12-10-23-14-5-3-2-4-13(12)14/h2-5,8-10,18,23H,6-7H2,1H3,(H,24,25,27). The van der Waals surface area contributed by atoms with E-state index in [4.69, 9.17) is 0 Å². The number of amides is 1. The Morgan fingerprint density at radius 1 is 1.36 bits per heavy atom. The second-order valence-electron chi connectivity index (χ2n) is 6.28. The molecule has 0 aliphatic heterocycles. The van der Waals surface area contributed by atoms with Crippen LogP contribution < -0.4 is 5.32 Å². The minimum absolute atomic E-state index is 0.143. The van der Waals surface area contributed by atoms with E-state index in [0.717, 1.165) is 32.4 Å². The smallest absolute Gasteiger partial charge is 0.320 e. The van der Waals surface area contributed by atoms with Gasteiger partial charge in [0.15, 0.2) is 11.0 Å². The molecule has 0 bridgehead atoms. The molecule has 0 saturated heterocycles. The Morgan fingerprint density at radius 3 is 3.00 bits per heavy atom. The van der Waals surface area contributed by atoms with Crippen molar-refractivity contribution in [1.82, 2.24) is 19.5 Å². The van der Waals surface area contributed by atoms with Crippen LogP contribution in [0.3, 0.4) is 0 Å². The van der Waals surface area contributed by atoms with Gasteiger partial charge in [-0.25, -0.2) is 9.97 Å². The Hall–Kier alpha value is -3.07. The van der Waals surface area contributed by atoms with Gasteiger partial charge in [0, 0.05) is 35.9 Å². The van der Waals surface area contributed by atoms with Crippen molar-refractivity contribution in [3.8, 4) is 10.7 Å². The number of carbonyl (C=O) groups excluding carboxylic acids is 1. The average Bonchev–Trinajstić information content (AvgIpc) is 3.38. The van der Waals surface area contributed by atoms with E-state index in [9.17, 15) is 13.6 Å². The fourth-order valence-electron chi connectivity index (χ4n) is 3.07. The maximum absolute atomic E-state index is 13.1. The van der Waals surface area contributed by atoms with Crippen LogP contribution in [-0.4, -0.2) is 25.4 Å². The third-order valence-corrected chi connectivity index (χ3v) is 5.49. The quantitative estimate of drug-likeness (QED) is 0.489. The largest absolute Gasteiger partial charge is 0.361 e. The van der Waals surface area contributed by atoms with Crippen LogP contribution in [-0.2, 0) is 11.2 Å². The van der Waals surface area contributed by atoms with E-state index in [0.29, 0.717) is 28.5 Å². The van der Waals surface area contributed by atoms with Gasteiger partial charge in [-0.05, 0) is 25.0 Å². The summed E-state index contributed by atoms with van der Waals surface area (Å²) in [6.07, 6.45) is 5.33. The summed E-state index contributed by atoms with van der Waals surface area (Å²) in [5.74, 6) is -0.0351. The molecular formula is C19H17F2N5OS. The molecule has 0 atom stereocenters. The molecule has 2 N–H and O–H groups in total. The first kappa shape index (κ1) is 18.3. The number of aryl methyl sites for hydroxylation is 2. The molecule has 3 aromatic heterocycles. The summed E-state index contributed by atoms with van der Waals surface area (Å²) in [5, 5.41) is 4.23. The Kier molecular flexibility index (Phi) is 4.91. The number of anilines is 1. The molecule has 0 fully saturated rings. The summed E-state index contributed by atoms with van der Waals surface area (Å²) in [5.41, 5.74) is 2.65. The zero-order chi connectivity index (χ0) is 19.7. The molecule has 6 nitrogen and oxygen atoms in total. The fourth-order valence-corrected chi connectivity index (χ4v) is 4.06. The lowest BCUT2D eigenvalue weighted by molar-refractivity contribution is -0.116. The van der Waals surface area contributed by atoms with Crippen LogP contribution in [0, 0.1) is 6.92 Å². The molecule has 1 aromatic carbocycles. The van der Waals surface area contributed by atoms with Crippen LogP contribution in [0.25, 0.3) is 21.6 Å². The number of para-hydroxylation sites is 1. The number of nitrogens with one attached hydrogen (secondary N) is 2. The molecule has 28 heavy (non-hydrogen) atoms. The number of thiazole rings is 1. The molecule has 0 aliphatic rings. The second-order valence-corrected chi connectivity index (χ2v) is 7.28. The van der Waals surface area contributed by atoms with Gasteiger partial charge in [0.05, 0.1) is 10.6 Å². The van der Waals surface area contributed by atoms with Gasteiger partial charge in [0.2, 0.25) is 5.91 Å². The second kappa shape index (κ2) is 7.51. The topological polar surface area (TPSA) is 75.6 Å². The van der Waals surface area contributed by atoms with Gasteiger partial charge in [-0.2, -0.15) is 8.78 Å². The third kappa shape index (κ3) is 3.53. The van der Waals surface area contributed by atoms with E-state index < -0.39 is 6.55 Å². The number of H-pyrrole nitrogens is 1. The molecule has 4 aromatic rings. The highest BCUT2D eigenvalue weighted by atomic mass is 32.1. The summed E-state index contributed by atoms with van der Waals surface area (Å²) in [7, 11) is 0. The van der Waals surface area contributed by atoms with E-state index >= 15 is 0 Å². The van der Waals surface area contributed by atoms with Crippen LogP contribution in [0.5, 0.6) is 0 Å². The predicted molar refractivity (Wildman–Crippen MR) is 105 cm³/mol. The van der Waals surface area contributed by atoms with E-state index in [2.05, 4.69) is 20.3 Å². The number of benzene rings is 1. The molecule has 0 spiro atoms. The number of aromatic nitrogens is 4. The molecule has 0 unspecified atom stereocenters. The van der Waals surface area contributed by atoms with Gasteiger partial charge in [0.1, 0.15) is 0 Å². The number of aromatic amines is 1. The van der Waals surface area contributed by atoms with Crippen molar-refractivity contribution >= 4 is 33.3 Å². The highest BCUT2D eigenvalue weighted by Crippen LogP contribution is 2.33. The van der Waals surface area contributed by atoms with E-state index in [-0.39, 0.29) is 11.7 Å². The Bertz CT molecular complexity index is 1130. The molecule has 9 heteroatoms. The Labute approximate surface area is 163 Å². The zero-order valence-electron chi connectivity index (χ0n) is 14.9. The van der Waals surface area contributed by atoms with Crippen molar-refractivity contribution in [2.75, 3.05) is 5.32 Å². The Balaban J connectivity index is 1.44. The van der Waals surface area contributed by atoms with Gasteiger partial charge in [-0.1, -0.05) is 29.5 Å². The number of imidazole rings is 1. The van der Waals surface area contributed by atoms with Crippen molar-refractivity contribution in [2.45, 2.75) is 26.3 Å². The first-order valence-corrected chi connectivity index (χ1v) is 9.48. The average molecular weight is 401 g/mol. The van der Waals surface area contributed by atoms with E-state index in [1.165, 1.54) is 12.4 Å². The molecule has 144 valence electrons. The molecule has 0 aliphatic carbocycles. The zero-order valence-corrected chi connectivity index (χ0v) is 15.8. The van der Waals surface area contributed by atoms with E-state index in [1.807, 2.05) is 30.5 Å². The van der Waals surface area contributed by atoms with Crippen molar-refractivity contribution in [3.63, 3.8) is 0 Å². The number of alkyl halides is 2. The first-order chi connectivity index (χ1) is 13.5. The minimum atomic E-state index is -2.69. The van der Waals surface area contributed by atoms with Crippen LogP contribution in [0.2, 0.25) is 0 Å². The summed E-state index contributed by atoms with van der Waals surface area (Å²) in [6, 6.07) is 7.92. The molecule has 0 saturated carbocycles. The molecule has 1 amide bonds. The molecule has 0 radical (unpaired) electrons. The van der Waals surface area contributed by atoms with Gasteiger partial charge < -0.3 is 10.3 Å². The number of halogens is 2. The fraction of sp³-hybridized carbons (Fsp3) is 0.211. The third-order valence-electron chi connectivity index (χ3n) is 4.42. The highest BCUT2D eigenvalue weighted by Gasteiger charge is 2.19. The number of fused-ring (bicyclic) bond motifs is 1. The lowest BCUT2D eigenvalue weighted by Gasteiger charge is -2.04. The first-order valence-electron chi connectivity index (χ1n) is 8.66. The summed E-state index contributed by atoms with van der Waals surface area (Å²) < 4.78 is 26.9. The van der Waals surface area contributed by atoms with Crippen LogP contribution in [0.15, 0.2) is 42.9 Å². The van der Waals surface area contributed by atoms with Gasteiger partial charge >= 0.3 is 6.55 Å². The van der Waals surface area contributed by atoms with E-state index in [1.54, 1.807) is 6.92 Å². The summed E-state index contributed by atoms with van der Waals surface area (Å²) in [4.78, 5) is 24.3. The summed E-state index contributed by atoms with van der Waals surface area (Å²) in [6.45, 7) is -0.981. The molecule has 4 rings (SSSR count). The maximum Gasteiger partial charge on any atom is 0.320 e. The number of hydrogen-bond donors (Lipinski definition) is 2. The van der Waals surface area contributed by atoms with Gasteiger partial charge in [-0.3, -0.25) is 9.36 Å². The van der Waals surface area contributed by atoms with Crippen LogP contribution in [0.1, 0.15) is 24.2 Å². The van der Waals surface area contributed by atoms with Gasteiger partial charge in [-0.15, -0.1) is 0 Å². The maximum atomic E-state index is 13.1. The SMILES string of the molecule is Cc1nc(NC(=O)CCc2c[nH]c3ccccc23)sc1-c1nccn1C(F)F. The molecule has 3 heterocycles. The number of rotatable bonds is 6. The number of carbonyl (C=O) groups is 1. The Morgan fingerprint density at radius 2 is 2.18 bits per heavy atom. The monoisotopic (exact) mass is 401 g/mol. The van der Waals surface area contributed by atoms with Crippen molar-refractivity contribution in [1.29, 1.82) is 0 Å². The number of hydrogen-bond acceptors (Lipinski definition) is 4.